The summed E-state index contributed by atoms with van der Waals surface area (Å²) in [4.78, 5) is 30.9. The number of nitrogens with one attached hydrogen (secondary N) is 1. The first kappa shape index (κ1) is 26.1. The second-order valence-electron chi connectivity index (χ2n) is 3.42. The average molecular weight is 327 g/mol. The molecule has 0 saturated carbocycles. The van der Waals surface area contributed by atoms with Crippen LogP contribution in [0.4, 0.5) is 0 Å². The third-order valence-electron chi connectivity index (χ3n) is 1.80. The molecule has 0 aromatic heterocycles. The maximum absolute atomic E-state index is 10.8. The van der Waals surface area contributed by atoms with Gasteiger partial charge in [-0.2, -0.15) is 0 Å². The quantitative estimate of drug-likeness (QED) is 0.288. The Kier molecular flexibility index (Phi) is 14.6. The van der Waals surface area contributed by atoms with Gasteiger partial charge in [0.25, 0.3) is 0 Å². The topological polar surface area (TPSA) is 137 Å². The van der Waals surface area contributed by atoms with Crippen LogP contribution < -0.4 is 108 Å². The molecule has 18 heavy (non-hydrogen) atoms. The van der Waals surface area contributed by atoms with Crippen LogP contribution in [0.2, 0.25) is 0 Å². The van der Waals surface area contributed by atoms with E-state index in [1.807, 2.05) is 5.09 Å². The van der Waals surface area contributed by atoms with Crippen molar-refractivity contribution in [1.29, 1.82) is 0 Å². The van der Waals surface area contributed by atoms with E-state index in [-0.39, 0.29) is 101 Å². The Morgan fingerprint density at radius 3 is 2.06 bits per heavy atom. The molecule has 2 unspecified atom stereocenters. The molecule has 0 amide bonds. The van der Waals surface area contributed by atoms with Crippen molar-refractivity contribution in [2.75, 3.05) is 13.2 Å². The van der Waals surface area contributed by atoms with Gasteiger partial charge in [-0.25, -0.2) is 0 Å². The Labute approximate surface area is 172 Å². The van der Waals surface area contributed by atoms with Crippen molar-refractivity contribution in [3.05, 3.63) is 0 Å². The van der Waals surface area contributed by atoms with Gasteiger partial charge in [-0.15, -0.1) is 0 Å². The van der Waals surface area contributed by atoms with Crippen molar-refractivity contribution in [1.82, 2.24) is 5.09 Å². The number of rotatable bonds is 6. The summed E-state index contributed by atoms with van der Waals surface area (Å²) in [5.74, 6) is 0. The van der Waals surface area contributed by atoms with E-state index in [4.69, 9.17) is 4.74 Å². The van der Waals surface area contributed by atoms with Crippen LogP contribution in [0.15, 0.2) is 0 Å². The van der Waals surface area contributed by atoms with Gasteiger partial charge < -0.3 is 24.0 Å². The first-order chi connectivity index (χ1) is 6.62. The Morgan fingerprint density at radius 2 is 1.72 bits per heavy atom. The van der Waals surface area contributed by atoms with Gasteiger partial charge in [0.15, 0.2) is 0 Å². The Balaban J connectivity index is -0.000000750. The van der Waals surface area contributed by atoms with Crippen LogP contribution in [0.25, 0.3) is 0 Å². The van der Waals surface area contributed by atoms with Crippen molar-refractivity contribution < 1.29 is 122 Å². The van der Waals surface area contributed by atoms with E-state index >= 15 is 0 Å². The minimum atomic E-state index is -5.52. The summed E-state index contributed by atoms with van der Waals surface area (Å²) in [5.41, 5.74) is -0.356. The van der Waals surface area contributed by atoms with Crippen molar-refractivity contribution in [2.45, 2.75) is 18.9 Å². The molecule has 0 radical (unpaired) electrons. The summed E-state index contributed by atoms with van der Waals surface area (Å²) >= 11 is 0. The molecule has 1 aliphatic heterocycles. The fourth-order valence-electron chi connectivity index (χ4n) is 0.885. The zero-order valence-corrected chi connectivity index (χ0v) is 18.7. The molecule has 13 heteroatoms. The monoisotopic (exact) mass is 327 g/mol. The molecule has 1 heterocycles. The van der Waals surface area contributed by atoms with Crippen molar-refractivity contribution >= 4 is 15.6 Å². The van der Waals surface area contributed by atoms with Crippen LogP contribution >= 0.6 is 15.6 Å². The summed E-state index contributed by atoms with van der Waals surface area (Å²) in [6.45, 7) is 2.26. The predicted octanol–water partition coefficient (Wildman–Crippen LogP) is -10.9. The summed E-state index contributed by atoms with van der Waals surface area (Å²) in [5, 5.41) is 1.84. The molecule has 1 rings (SSSR count). The van der Waals surface area contributed by atoms with Crippen molar-refractivity contribution in [3.63, 3.8) is 0 Å². The van der Waals surface area contributed by atoms with Gasteiger partial charge in [-0.3, -0.25) is 14.0 Å². The largest absolute Gasteiger partial charge is 1.00 e. The Bertz CT molecular complexity index is 333. The van der Waals surface area contributed by atoms with Gasteiger partial charge in [0.1, 0.15) is 0 Å². The van der Waals surface area contributed by atoms with Gasteiger partial charge in [0.2, 0.25) is 7.75 Å². The average Bonchev–Trinajstić information content (AvgIpc) is 2.61. The number of epoxide rings is 1. The van der Waals surface area contributed by atoms with E-state index in [0.29, 0.717) is 13.0 Å². The number of ether oxygens (including phenoxy) is 1. The van der Waals surface area contributed by atoms with Gasteiger partial charge in [0.05, 0.1) is 20.0 Å². The summed E-state index contributed by atoms with van der Waals surface area (Å²) < 4.78 is 29.2. The second kappa shape index (κ2) is 10.1. The first-order valence-corrected chi connectivity index (χ1v) is 7.06. The maximum Gasteiger partial charge on any atom is 1.00 e. The van der Waals surface area contributed by atoms with Crippen molar-refractivity contribution in [3.8, 4) is 0 Å². The van der Waals surface area contributed by atoms with E-state index < -0.39 is 15.6 Å². The van der Waals surface area contributed by atoms with Crippen LogP contribution in [0.3, 0.4) is 0 Å². The first-order valence-electron chi connectivity index (χ1n) is 4.06. The van der Waals surface area contributed by atoms with Gasteiger partial charge in [0, 0.05) is 6.54 Å². The molecule has 1 fully saturated rings. The SMILES string of the molecule is CC1(CCNP(=O)([O-])OP(=O)([O-])[O-])CO1.[Na+].[Na+].[Na+]. The van der Waals surface area contributed by atoms with E-state index in [1.165, 1.54) is 0 Å². The van der Waals surface area contributed by atoms with Gasteiger partial charge in [-0.1, -0.05) is 0 Å². The van der Waals surface area contributed by atoms with Crippen molar-refractivity contribution in [2.24, 2.45) is 0 Å². The molecule has 0 aliphatic carbocycles. The molecule has 2 atom stereocenters. The van der Waals surface area contributed by atoms with Gasteiger partial charge >= 0.3 is 88.7 Å². The molecule has 90 valence electrons. The zero-order chi connectivity index (χ0) is 11.7. The Morgan fingerprint density at radius 1 is 1.28 bits per heavy atom. The van der Waals surface area contributed by atoms with Crippen LogP contribution in [0.5, 0.6) is 0 Å². The summed E-state index contributed by atoms with van der Waals surface area (Å²) in [7, 11) is -10.3. The van der Waals surface area contributed by atoms with E-state index in [2.05, 4.69) is 4.31 Å². The molecule has 1 aliphatic rings. The summed E-state index contributed by atoms with van der Waals surface area (Å²) in [6, 6.07) is 0. The standard InChI is InChI=1S/C5H13NO7P2.3Na/c1-5(4-12-5)2-3-6-14(7,8)13-15(9,10)11;;;/h2-4H2,1H3,(H2,6,7,8)(H2,9,10,11);;;/q;3*+1/p-3. The summed E-state index contributed by atoms with van der Waals surface area (Å²) in [6.07, 6.45) is 0.380. The molecule has 0 spiro atoms. The van der Waals surface area contributed by atoms with E-state index in [1.54, 1.807) is 6.92 Å². The zero-order valence-electron chi connectivity index (χ0n) is 10.9. The predicted molar refractivity (Wildman–Crippen MR) is 43.3 cm³/mol. The van der Waals surface area contributed by atoms with Crippen LogP contribution in [0, 0.1) is 0 Å². The molecule has 0 aromatic carbocycles. The Hall–Kier alpha value is 3.22. The molecular weight excluding hydrogens is 317 g/mol. The smallest absolute Gasteiger partial charge is 0.790 e. The molecule has 1 N–H and O–H groups in total. The fourth-order valence-corrected chi connectivity index (χ4v) is 2.56. The number of phosphoric acid groups is 1. The minimum absolute atomic E-state index is 0. The minimum Gasteiger partial charge on any atom is -0.790 e. The molecule has 0 aromatic rings. The normalized spacial score (nSPS) is 24.9. The van der Waals surface area contributed by atoms with E-state index in [9.17, 15) is 23.8 Å². The number of hydrogen-bond donors (Lipinski definition) is 1. The van der Waals surface area contributed by atoms with Crippen LogP contribution in [0.1, 0.15) is 13.3 Å². The number of hydrogen-bond acceptors (Lipinski definition) is 7. The third kappa shape index (κ3) is 12.9. The molecular formula is C5H10NNa3O7P2. The van der Waals surface area contributed by atoms with E-state index in [0.717, 1.165) is 0 Å². The molecule has 1 saturated heterocycles. The van der Waals surface area contributed by atoms with Gasteiger partial charge in [-0.05, 0) is 13.3 Å². The molecule has 0 bridgehead atoms. The van der Waals surface area contributed by atoms with Crippen LogP contribution in [-0.2, 0) is 18.2 Å². The second-order valence-corrected chi connectivity index (χ2v) is 6.28. The molecule has 8 nitrogen and oxygen atoms in total. The fraction of sp³-hybridized carbons (Fsp3) is 1.00. The maximum atomic E-state index is 10.8. The third-order valence-corrected chi connectivity index (χ3v) is 4.07. The van der Waals surface area contributed by atoms with Crippen LogP contribution in [-0.4, -0.2) is 18.8 Å².